The van der Waals surface area contributed by atoms with Crippen molar-refractivity contribution in [3.63, 3.8) is 0 Å². The Morgan fingerprint density at radius 1 is 0.383 bits per heavy atom. The third-order valence-corrected chi connectivity index (χ3v) is 13.7. The third kappa shape index (κ3) is 80.6. The number of aromatic nitrogens is 4. The SMILES string of the molecule is C1CCNC1.CC(C)(C)C.CC(C)(C)C.CC(C)(C)C.CC(C)(C)C.CC(C)(C)C.CC(C)(C)C1CCC(O)C1O.CC(C)(C)N1CC(O)C(O)C1.CC(C)(C)N1CCC(N)C1.CC(C)(C)N1CCC(O)C1.NC1CCCC1.OC1CCCC1.c1c[nH]cn1.c1cn[nH]c1. The number of nitrogens with zero attached hydrogens (tertiary/aromatic N) is 5. The summed E-state index contributed by atoms with van der Waals surface area (Å²) in [6, 6.07) is 2.80. The highest BCUT2D eigenvalue weighted by Gasteiger charge is 2.40. The summed E-state index contributed by atoms with van der Waals surface area (Å²) >= 11 is 0. The van der Waals surface area contributed by atoms with Gasteiger partial charge in [-0.3, -0.25) is 19.8 Å². The van der Waals surface area contributed by atoms with Crippen LogP contribution in [0.15, 0.2) is 37.2 Å². The molecule has 0 spiro atoms. The quantitative estimate of drug-likeness (QED) is 0.117. The van der Waals surface area contributed by atoms with Crippen molar-refractivity contribution in [2.45, 2.75) is 377 Å². The molecular weight excluding hydrogens is 1170 g/mol. The van der Waals surface area contributed by atoms with E-state index >= 15 is 0 Å². The Kier molecular flexibility index (Phi) is 53.8. The van der Waals surface area contributed by atoms with Crippen molar-refractivity contribution in [1.82, 2.24) is 40.2 Å². The van der Waals surface area contributed by atoms with E-state index in [1.165, 1.54) is 71.0 Å². The molecule has 7 atom stereocenters. The Morgan fingerprint density at radius 2 is 0.766 bits per heavy atom. The molecule has 0 bridgehead atoms. The van der Waals surface area contributed by atoms with Gasteiger partial charge in [0.15, 0.2) is 0 Å². The normalized spacial score (nSPS) is 23.5. The van der Waals surface area contributed by atoms with E-state index in [2.05, 4.69) is 262 Å². The van der Waals surface area contributed by atoms with E-state index in [0.29, 0.717) is 57.8 Å². The molecule has 0 aromatic carbocycles. The molecule has 7 fully saturated rings. The second-order valence-corrected chi connectivity index (χ2v) is 39.0. The zero-order chi connectivity index (χ0) is 74.8. The van der Waals surface area contributed by atoms with Crippen LogP contribution in [0.25, 0.3) is 0 Å². The predicted octanol–water partition coefficient (Wildman–Crippen LogP) is 15.9. The first-order valence-corrected chi connectivity index (χ1v) is 36.5. The molecule has 3 saturated carbocycles. The van der Waals surface area contributed by atoms with Crippen molar-refractivity contribution in [2.24, 2.45) is 49.9 Å². The summed E-state index contributed by atoms with van der Waals surface area (Å²) in [6.45, 7) is 77.4. The second kappa shape index (κ2) is 50.3. The van der Waals surface area contributed by atoms with Crippen LogP contribution in [0.3, 0.4) is 0 Å². The van der Waals surface area contributed by atoms with E-state index in [9.17, 15) is 25.5 Å². The van der Waals surface area contributed by atoms with Gasteiger partial charge in [0, 0.05) is 92.8 Å². The first-order valence-electron chi connectivity index (χ1n) is 36.5. The standard InChI is InChI=1S/C9H18O2.C8H18N2.C8H17NO2.C8H17NO.C5H11N.C5H10O.5C5H12.C4H9N.2C3H4N2/c1-9(2,3)6-4-5-7(10)8(6)11;1-8(2,3)10-5-4-7(9)6-10;1-8(2,3)9-4-6(10)7(11)5-9;1-8(2,3)9-5-4-7(10)6-9;2*6-5-3-1-2-4-5;5*1-5(2,3)4;1-2-4-5-3-1;1-2-5-3-4-1;1-2-4-5-3-1/h6-8,10-11H,4-5H2,1-3H3;7H,4-6,9H2,1-3H3;6-7,10-11H,4-5H2,1-3H3;7,10H,4-6H2,1-3H3;5H,1-4,6H2;5-6H,1-4H2;5*1-4H3;5H,1-4H2;2*1-3H,(H,4,5). The van der Waals surface area contributed by atoms with Crippen LogP contribution < -0.4 is 16.8 Å². The molecular formula is C78H168N10O6. The zero-order valence-electron chi connectivity index (χ0n) is 68.3. The molecule has 7 aliphatic rings. The molecule has 4 saturated heterocycles. The highest BCUT2D eigenvalue weighted by Crippen LogP contribution is 2.39. The monoisotopic (exact) mass is 1340 g/mol. The zero-order valence-corrected chi connectivity index (χ0v) is 68.3. The number of H-pyrrole nitrogens is 2. The van der Waals surface area contributed by atoms with Gasteiger partial charge in [-0.05, 0) is 184 Å². The number of imidazole rings is 1. The van der Waals surface area contributed by atoms with Gasteiger partial charge in [0.1, 0.15) is 0 Å². The molecule has 0 amide bonds. The van der Waals surface area contributed by atoms with E-state index in [1.54, 1.807) is 31.1 Å². The minimum atomic E-state index is -0.561. The van der Waals surface area contributed by atoms with Gasteiger partial charge in [0.2, 0.25) is 0 Å². The minimum absolute atomic E-state index is 0.0463. The van der Waals surface area contributed by atoms with Gasteiger partial charge in [0.25, 0.3) is 0 Å². The lowest BCUT2D eigenvalue weighted by atomic mass is 9.78. The van der Waals surface area contributed by atoms with Crippen molar-refractivity contribution < 1.29 is 30.6 Å². The highest BCUT2D eigenvalue weighted by molar-refractivity contribution is 4.92. The van der Waals surface area contributed by atoms with Crippen LogP contribution in [0, 0.1) is 38.4 Å². The van der Waals surface area contributed by atoms with Crippen molar-refractivity contribution in [3.8, 4) is 0 Å². The lowest BCUT2D eigenvalue weighted by molar-refractivity contribution is -0.00747. The predicted molar refractivity (Wildman–Crippen MR) is 409 cm³/mol. The highest BCUT2D eigenvalue weighted by atomic mass is 16.3. The largest absolute Gasteiger partial charge is 0.393 e. The fourth-order valence-corrected chi connectivity index (χ4v) is 8.89. The number of nitrogens with two attached hydrogens (primary N) is 2. The van der Waals surface area contributed by atoms with E-state index in [4.69, 9.17) is 16.6 Å². The number of hydrogen-bond acceptors (Lipinski definition) is 14. The number of nitrogens with one attached hydrogen (secondary N) is 3. The van der Waals surface area contributed by atoms with E-state index in [-0.39, 0.29) is 34.6 Å². The summed E-state index contributed by atoms with van der Waals surface area (Å²) in [7, 11) is 0. The van der Waals surface area contributed by atoms with Gasteiger partial charge in [-0.2, -0.15) is 5.10 Å². The summed E-state index contributed by atoms with van der Waals surface area (Å²) in [5, 5.41) is 64.7. The summed E-state index contributed by atoms with van der Waals surface area (Å²) in [6.07, 6.45) is 22.8. The molecule has 16 heteroatoms. The number of hydrogen-bond donors (Lipinski definition) is 11. The lowest BCUT2D eigenvalue weighted by Gasteiger charge is -2.31. The number of rotatable bonds is 0. The molecule has 7 unspecified atom stereocenters. The number of β-amino-alcohol motifs (C(OH)–C–C–N with tert-alkyl or cyclic N) is 3. The average molecular weight is 1340 g/mol. The molecule has 13 N–H and O–H groups in total. The van der Waals surface area contributed by atoms with Crippen molar-refractivity contribution in [1.29, 1.82) is 0 Å². The summed E-state index contributed by atoms with van der Waals surface area (Å²) < 4.78 is 0. The van der Waals surface area contributed by atoms with Crippen LogP contribution >= 0.6 is 0 Å². The van der Waals surface area contributed by atoms with E-state index in [0.717, 1.165) is 58.2 Å². The van der Waals surface area contributed by atoms with Gasteiger partial charge in [-0.15, -0.1) is 0 Å². The Hall–Kier alpha value is -2.06. The Morgan fingerprint density at radius 3 is 0.904 bits per heavy atom. The second-order valence-electron chi connectivity index (χ2n) is 39.0. The van der Waals surface area contributed by atoms with Crippen LogP contribution in [0.4, 0.5) is 0 Å². The molecule has 0 radical (unpaired) electrons. The Labute approximate surface area is 584 Å². The first-order chi connectivity index (χ1) is 42.1. The van der Waals surface area contributed by atoms with Crippen LogP contribution in [0.1, 0.15) is 311 Å². The number of likely N-dealkylation sites (tertiary alicyclic amines) is 3. The maximum absolute atomic E-state index is 9.54. The van der Waals surface area contributed by atoms with Crippen molar-refractivity contribution >= 4 is 0 Å². The van der Waals surface area contributed by atoms with Crippen molar-refractivity contribution in [3.05, 3.63) is 37.2 Å². The Balaban J connectivity index is -0.000000306. The number of aliphatic hydroxyl groups is 6. The molecule has 94 heavy (non-hydrogen) atoms. The summed E-state index contributed by atoms with van der Waals surface area (Å²) in [5.74, 6) is 0.262. The number of aromatic amines is 2. The minimum Gasteiger partial charge on any atom is -0.393 e. The van der Waals surface area contributed by atoms with Gasteiger partial charge in [0.05, 0.1) is 43.0 Å². The van der Waals surface area contributed by atoms with Crippen LogP contribution in [-0.2, 0) is 0 Å². The third-order valence-electron chi connectivity index (χ3n) is 13.7. The molecule has 2 aromatic rings. The number of aliphatic hydroxyl groups excluding tert-OH is 6. The topological polar surface area (TPSA) is 253 Å². The smallest absolute Gasteiger partial charge is 0.0938 e. The maximum Gasteiger partial charge on any atom is 0.0938 e. The fourth-order valence-electron chi connectivity index (χ4n) is 8.89. The molecule has 3 aliphatic carbocycles. The maximum atomic E-state index is 9.54. The molecule has 9 rings (SSSR count). The van der Waals surface area contributed by atoms with E-state index in [1.807, 2.05) is 6.07 Å². The van der Waals surface area contributed by atoms with E-state index < -0.39 is 24.4 Å². The van der Waals surface area contributed by atoms with Gasteiger partial charge in [-0.25, -0.2) is 4.98 Å². The van der Waals surface area contributed by atoms with Crippen LogP contribution in [-0.4, -0.2) is 183 Å². The van der Waals surface area contributed by atoms with Gasteiger partial charge < -0.3 is 52.4 Å². The molecule has 16 nitrogen and oxygen atoms in total. The molecule has 6 heterocycles. The Bertz CT molecular complexity index is 1690. The van der Waals surface area contributed by atoms with Crippen molar-refractivity contribution in [2.75, 3.05) is 52.4 Å². The summed E-state index contributed by atoms with van der Waals surface area (Å²) in [5.41, 5.74) is 14.5. The van der Waals surface area contributed by atoms with Gasteiger partial charge >= 0.3 is 0 Å². The molecule has 566 valence electrons. The molecule has 2 aromatic heterocycles. The van der Waals surface area contributed by atoms with Gasteiger partial charge in [-0.1, -0.05) is 185 Å². The fraction of sp³-hybridized carbons (Fsp3) is 0.923. The first kappa shape index (κ1) is 101. The van der Waals surface area contributed by atoms with Crippen LogP contribution in [0.5, 0.6) is 0 Å². The summed E-state index contributed by atoms with van der Waals surface area (Å²) in [4.78, 5) is 13.3. The average Bonchev–Trinajstić information content (AvgIpc) is 1.71. The molecule has 4 aliphatic heterocycles. The lowest BCUT2D eigenvalue weighted by Crippen LogP contribution is -2.40. The van der Waals surface area contributed by atoms with Crippen LogP contribution in [0.2, 0.25) is 0 Å².